The minimum atomic E-state index is -0.463. The number of benzene rings is 2. The third kappa shape index (κ3) is 2.15. The van der Waals surface area contributed by atoms with E-state index in [9.17, 15) is 15.0 Å². The maximum Gasteiger partial charge on any atom is 0.337 e. The molecule has 0 saturated carbocycles. The number of carbonyl (C=O) groups is 1. The number of aliphatic hydroxyl groups excluding tert-OH is 2. The van der Waals surface area contributed by atoms with Crippen LogP contribution in [0.5, 0.6) is 0 Å². The van der Waals surface area contributed by atoms with Gasteiger partial charge in [-0.05, 0) is 18.2 Å². The standard InChI is InChI=1S/C17H17NO4/c1-22-17(21)11-6-7-14-13-4-2-3-5-15(13)18(16(14)8-11)12(9-19)10-20/h2-8,12,19-20H,9-10H2,1H3. The van der Waals surface area contributed by atoms with E-state index in [0.29, 0.717) is 5.56 Å². The first-order chi connectivity index (χ1) is 10.7. The first kappa shape index (κ1) is 14.6. The summed E-state index contributed by atoms with van der Waals surface area (Å²) in [5, 5.41) is 21.1. The Labute approximate surface area is 127 Å². The fraction of sp³-hybridized carbons (Fsp3) is 0.235. The highest BCUT2D eigenvalue weighted by molar-refractivity contribution is 6.09. The summed E-state index contributed by atoms with van der Waals surface area (Å²) in [6.07, 6.45) is 0. The maximum atomic E-state index is 11.8. The van der Waals surface area contributed by atoms with Crippen LogP contribution in [0.25, 0.3) is 21.8 Å². The number of ether oxygens (including phenoxy) is 1. The number of carbonyl (C=O) groups excluding carboxylic acids is 1. The van der Waals surface area contributed by atoms with Crippen LogP contribution in [-0.2, 0) is 4.74 Å². The predicted octanol–water partition coefficient (Wildman–Crippen LogP) is 2.11. The molecular formula is C17H17NO4. The van der Waals surface area contributed by atoms with Crippen LogP contribution in [0.15, 0.2) is 42.5 Å². The second-order valence-corrected chi connectivity index (χ2v) is 5.13. The van der Waals surface area contributed by atoms with Crippen LogP contribution in [0.2, 0.25) is 0 Å². The Morgan fingerprint density at radius 2 is 1.77 bits per heavy atom. The van der Waals surface area contributed by atoms with Crippen LogP contribution in [-0.4, -0.2) is 41.1 Å². The van der Waals surface area contributed by atoms with Crippen LogP contribution in [0.4, 0.5) is 0 Å². The van der Waals surface area contributed by atoms with Gasteiger partial charge in [0.2, 0.25) is 0 Å². The molecule has 0 aliphatic carbocycles. The summed E-state index contributed by atoms with van der Waals surface area (Å²) in [6, 6.07) is 12.6. The predicted molar refractivity (Wildman–Crippen MR) is 84.0 cm³/mol. The first-order valence-corrected chi connectivity index (χ1v) is 7.04. The van der Waals surface area contributed by atoms with Gasteiger partial charge in [-0.2, -0.15) is 0 Å². The molecule has 2 N–H and O–H groups in total. The number of rotatable bonds is 4. The maximum absolute atomic E-state index is 11.8. The molecule has 22 heavy (non-hydrogen) atoms. The Balaban J connectivity index is 2.38. The molecule has 3 aromatic rings. The van der Waals surface area contributed by atoms with Gasteiger partial charge in [0.05, 0.1) is 37.4 Å². The Kier molecular flexibility index (Phi) is 3.83. The number of aliphatic hydroxyl groups is 2. The average Bonchev–Trinajstić information content (AvgIpc) is 2.90. The van der Waals surface area contributed by atoms with Gasteiger partial charge in [-0.25, -0.2) is 4.79 Å². The van der Waals surface area contributed by atoms with Crippen molar-refractivity contribution >= 4 is 27.8 Å². The summed E-state index contributed by atoms with van der Waals surface area (Å²) in [5.74, 6) is -0.414. The lowest BCUT2D eigenvalue weighted by Crippen LogP contribution is -2.17. The van der Waals surface area contributed by atoms with E-state index in [4.69, 9.17) is 4.74 Å². The van der Waals surface area contributed by atoms with Gasteiger partial charge in [0.15, 0.2) is 0 Å². The molecule has 0 unspecified atom stereocenters. The monoisotopic (exact) mass is 299 g/mol. The Morgan fingerprint density at radius 1 is 1.09 bits per heavy atom. The number of para-hydroxylation sites is 1. The molecule has 2 aromatic carbocycles. The number of nitrogens with zero attached hydrogens (tertiary/aromatic N) is 1. The highest BCUT2D eigenvalue weighted by Gasteiger charge is 2.18. The number of hydrogen-bond donors (Lipinski definition) is 2. The molecular weight excluding hydrogens is 282 g/mol. The van der Waals surface area contributed by atoms with Crippen molar-refractivity contribution in [3.8, 4) is 0 Å². The third-order valence-electron chi connectivity index (χ3n) is 3.92. The van der Waals surface area contributed by atoms with Crippen molar-refractivity contribution in [3.63, 3.8) is 0 Å². The minimum Gasteiger partial charge on any atom is -0.465 e. The highest BCUT2D eigenvalue weighted by Crippen LogP contribution is 2.32. The fourth-order valence-corrected chi connectivity index (χ4v) is 2.86. The summed E-state index contributed by atoms with van der Waals surface area (Å²) >= 11 is 0. The lowest BCUT2D eigenvalue weighted by Gasteiger charge is -2.16. The normalized spacial score (nSPS) is 11.5. The minimum absolute atomic E-state index is 0.188. The van der Waals surface area contributed by atoms with Gasteiger partial charge >= 0.3 is 5.97 Å². The van der Waals surface area contributed by atoms with Crippen molar-refractivity contribution < 1.29 is 19.7 Å². The summed E-state index contributed by atoms with van der Waals surface area (Å²) in [4.78, 5) is 11.8. The SMILES string of the molecule is COC(=O)c1ccc2c3ccccc3n(C(CO)CO)c2c1. The zero-order valence-corrected chi connectivity index (χ0v) is 12.2. The van der Waals surface area contributed by atoms with Crippen molar-refractivity contribution in [1.82, 2.24) is 4.57 Å². The number of hydrogen-bond acceptors (Lipinski definition) is 4. The van der Waals surface area contributed by atoms with Crippen LogP contribution in [0, 0.1) is 0 Å². The topological polar surface area (TPSA) is 71.7 Å². The van der Waals surface area contributed by atoms with E-state index in [-0.39, 0.29) is 13.2 Å². The molecule has 0 amide bonds. The number of aromatic nitrogens is 1. The summed E-state index contributed by atoms with van der Waals surface area (Å²) in [7, 11) is 1.34. The van der Waals surface area contributed by atoms with Crippen molar-refractivity contribution in [3.05, 3.63) is 48.0 Å². The third-order valence-corrected chi connectivity index (χ3v) is 3.92. The number of esters is 1. The van der Waals surface area contributed by atoms with Gasteiger partial charge in [-0.15, -0.1) is 0 Å². The van der Waals surface area contributed by atoms with Gasteiger partial charge in [-0.1, -0.05) is 24.3 Å². The molecule has 0 fully saturated rings. The van der Waals surface area contributed by atoms with Crippen molar-refractivity contribution in [2.75, 3.05) is 20.3 Å². The van der Waals surface area contributed by atoms with Crippen LogP contribution in [0.3, 0.4) is 0 Å². The molecule has 3 rings (SSSR count). The molecule has 1 aromatic heterocycles. The second kappa shape index (κ2) is 5.79. The highest BCUT2D eigenvalue weighted by atomic mass is 16.5. The number of methoxy groups -OCH3 is 1. The molecule has 0 bridgehead atoms. The zero-order chi connectivity index (χ0) is 15.7. The fourth-order valence-electron chi connectivity index (χ4n) is 2.86. The lowest BCUT2D eigenvalue weighted by molar-refractivity contribution is 0.0601. The van der Waals surface area contributed by atoms with Crippen LogP contribution < -0.4 is 0 Å². The van der Waals surface area contributed by atoms with Gasteiger partial charge in [0.25, 0.3) is 0 Å². The van der Waals surface area contributed by atoms with E-state index in [0.717, 1.165) is 21.8 Å². The largest absolute Gasteiger partial charge is 0.465 e. The molecule has 0 aliphatic heterocycles. The van der Waals surface area contributed by atoms with E-state index in [1.165, 1.54) is 7.11 Å². The van der Waals surface area contributed by atoms with E-state index in [2.05, 4.69) is 0 Å². The lowest BCUT2D eigenvalue weighted by atomic mass is 10.1. The summed E-state index contributed by atoms with van der Waals surface area (Å²) < 4.78 is 6.64. The van der Waals surface area contributed by atoms with Gasteiger partial charge in [0, 0.05) is 16.3 Å². The Hall–Kier alpha value is -2.37. The van der Waals surface area contributed by atoms with E-state index < -0.39 is 12.0 Å². The molecule has 0 atom stereocenters. The summed E-state index contributed by atoms with van der Waals surface area (Å²) in [5.41, 5.74) is 2.14. The zero-order valence-electron chi connectivity index (χ0n) is 12.2. The molecule has 0 spiro atoms. The van der Waals surface area contributed by atoms with Gasteiger partial charge in [-0.3, -0.25) is 0 Å². The Bertz CT molecular complexity index is 833. The molecule has 5 nitrogen and oxygen atoms in total. The molecule has 5 heteroatoms. The molecule has 0 radical (unpaired) electrons. The van der Waals surface area contributed by atoms with Crippen molar-refractivity contribution in [1.29, 1.82) is 0 Å². The van der Waals surface area contributed by atoms with Gasteiger partial charge < -0.3 is 19.5 Å². The van der Waals surface area contributed by atoms with Crippen molar-refractivity contribution in [2.45, 2.75) is 6.04 Å². The van der Waals surface area contributed by atoms with Crippen LogP contribution >= 0.6 is 0 Å². The second-order valence-electron chi connectivity index (χ2n) is 5.13. The summed E-state index contributed by atoms with van der Waals surface area (Å²) in [6.45, 7) is -0.376. The molecule has 114 valence electrons. The number of fused-ring (bicyclic) bond motifs is 3. The van der Waals surface area contributed by atoms with E-state index in [1.54, 1.807) is 12.1 Å². The molecule has 0 saturated heterocycles. The van der Waals surface area contributed by atoms with E-state index in [1.807, 2.05) is 34.9 Å². The molecule has 1 heterocycles. The smallest absolute Gasteiger partial charge is 0.337 e. The van der Waals surface area contributed by atoms with E-state index >= 15 is 0 Å². The van der Waals surface area contributed by atoms with Gasteiger partial charge in [0.1, 0.15) is 0 Å². The quantitative estimate of drug-likeness (QED) is 0.724. The van der Waals surface area contributed by atoms with Crippen molar-refractivity contribution in [2.24, 2.45) is 0 Å². The van der Waals surface area contributed by atoms with Crippen LogP contribution in [0.1, 0.15) is 16.4 Å². The first-order valence-electron chi connectivity index (χ1n) is 7.04. The average molecular weight is 299 g/mol. The molecule has 0 aliphatic rings. The Morgan fingerprint density at radius 3 is 2.45 bits per heavy atom.